The van der Waals surface area contributed by atoms with Crippen LogP contribution in [0.4, 0.5) is 10.1 Å². The molecule has 0 saturated heterocycles. The number of hydrogen-bond donors (Lipinski definition) is 2. The molecule has 0 unspecified atom stereocenters. The molecule has 2 amide bonds. The zero-order chi connectivity index (χ0) is 24.1. The number of halogens is 3. The Morgan fingerprint density at radius 1 is 1.06 bits per heavy atom. The molecule has 34 heavy (non-hydrogen) atoms. The van der Waals surface area contributed by atoms with Crippen molar-refractivity contribution in [3.63, 3.8) is 0 Å². The van der Waals surface area contributed by atoms with E-state index in [0.717, 1.165) is 0 Å². The average Bonchev–Trinajstić information content (AvgIpc) is 3.23. The van der Waals surface area contributed by atoms with Gasteiger partial charge in [-0.25, -0.2) is 9.82 Å². The second kappa shape index (κ2) is 10.4. The fourth-order valence-electron chi connectivity index (χ4n) is 2.95. The number of nitrogens with zero attached hydrogens (tertiary/aromatic N) is 1. The maximum absolute atomic E-state index is 13.6. The van der Waals surface area contributed by atoms with Crippen LogP contribution in [0.3, 0.4) is 0 Å². The molecule has 0 atom stereocenters. The molecule has 0 radical (unpaired) electrons. The molecule has 0 aliphatic carbocycles. The average molecular weight is 500 g/mol. The maximum atomic E-state index is 13.6. The topological polar surface area (TPSA) is 92.9 Å². The Bertz CT molecular complexity index is 1400. The van der Waals surface area contributed by atoms with Crippen LogP contribution in [-0.4, -0.2) is 24.6 Å². The largest absolute Gasteiger partial charge is 0.482 e. The van der Waals surface area contributed by atoms with Gasteiger partial charge < -0.3 is 14.5 Å². The molecule has 0 fully saturated rings. The van der Waals surface area contributed by atoms with Crippen molar-refractivity contribution in [3.05, 3.63) is 93.9 Å². The summed E-state index contributed by atoms with van der Waals surface area (Å²) < 4.78 is 24.5. The normalized spacial score (nSPS) is 11.0. The first-order chi connectivity index (χ1) is 16.4. The Morgan fingerprint density at radius 3 is 2.68 bits per heavy atom. The molecular formula is C24H16Cl2FN3O4. The standard InChI is InChI=1S/C24H16Cl2FN3O4/c25-16-6-8-20-15(10-16)11-22(34-20)24(32)30-28-12-14-5-7-21(17(26)9-14)33-13-23(31)29-19-4-2-1-3-18(19)27/h1-12H,13H2,(H,29,31)(H,30,32). The van der Waals surface area contributed by atoms with Gasteiger partial charge in [-0.1, -0.05) is 35.3 Å². The van der Waals surface area contributed by atoms with Gasteiger partial charge in [-0.05, 0) is 60.2 Å². The van der Waals surface area contributed by atoms with E-state index in [9.17, 15) is 14.0 Å². The molecule has 1 aromatic heterocycles. The molecule has 0 bridgehead atoms. The number of carbonyl (C=O) groups is 2. The van der Waals surface area contributed by atoms with Gasteiger partial charge >= 0.3 is 5.91 Å². The molecule has 3 aromatic carbocycles. The third-order valence-corrected chi connectivity index (χ3v) is 5.07. The van der Waals surface area contributed by atoms with Gasteiger partial charge in [0.1, 0.15) is 17.1 Å². The molecule has 0 spiro atoms. The molecule has 4 aromatic rings. The third-order valence-electron chi connectivity index (χ3n) is 4.54. The van der Waals surface area contributed by atoms with E-state index >= 15 is 0 Å². The van der Waals surface area contributed by atoms with Gasteiger partial charge in [0.25, 0.3) is 5.91 Å². The molecule has 0 aliphatic rings. The van der Waals surface area contributed by atoms with E-state index in [0.29, 0.717) is 21.6 Å². The van der Waals surface area contributed by atoms with Gasteiger partial charge in [-0.15, -0.1) is 0 Å². The molecule has 2 N–H and O–H groups in total. The van der Waals surface area contributed by atoms with E-state index < -0.39 is 17.6 Å². The highest BCUT2D eigenvalue weighted by atomic mass is 35.5. The van der Waals surface area contributed by atoms with Crippen molar-refractivity contribution in [3.8, 4) is 5.75 Å². The van der Waals surface area contributed by atoms with E-state index in [1.54, 1.807) is 48.5 Å². The first-order valence-electron chi connectivity index (χ1n) is 9.88. The molecule has 1 heterocycles. The number of nitrogens with one attached hydrogen (secondary N) is 2. The molecule has 0 aliphatic heterocycles. The van der Waals surface area contributed by atoms with Crippen LogP contribution in [0.5, 0.6) is 5.75 Å². The van der Waals surface area contributed by atoms with Crippen molar-refractivity contribution in [2.24, 2.45) is 5.10 Å². The highest BCUT2D eigenvalue weighted by Gasteiger charge is 2.12. The summed E-state index contributed by atoms with van der Waals surface area (Å²) in [5, 5.41) is 7.77. The molecule has 7 nitrogen and oxygen atoms in total. The fraction of sp³-hybridized carbons (Fsp3) is 0.0417. The quantitative estimate of drug-likeness (QED) is 0.253. The van der Waals surface area contributed by atoms with Crippen LogP contribution in [0.2, 0.25) is 10.0 Å². The Balaban J connectivity index is 1.32. The summed E-state index contributed by atoms with van der Waals surface area (Å²) in [6, 6.07) is 17.1. The van der Waals surface area contributed by atoms with Crippen LogP contribution in [0.1, 0.15) is 16.1 Å². The van der Waals surface area contributed by atoms with Crippen LogP contribution in [0, 0.1) is 5.82 Å². The number of furan rings is 1. The SMILES string of the molecule is O=C(COc1ccc(C=NNC(=O)c2cc3cc(Cl)ccc3o2)cc1Cl)Nc1ccccc1F. The van der Waals surface area contributed by atoms with E-state index in [2.05, 4.69) is 15.8 Å². The van der Waals surface area contributed by atoms with Gasteiger partial charge in [0.05, 0.1) is 16.9 Å². The molecule has 0 saturated carbocycles. The number of para-hydroxylation sites is 1. The lowest BCUT2D eigenvalue weighted by Crippen LogP contribution is -2.20. The number of ether oxygens (including phenoxy) is 1. The first-order valence-corrected chi connectivity index (χ1v) is 10.6. The van der Waals surface area contributed by atoms with Crippen LogP contribution in [0.25, 0.3) is 11.0 Å². The van der Waals surface area contributed by atoms with Crippen LogP contribution in [0.15, 0.2) is 76.2 Å². The van der Waals surface area contributed by atoms with Gasteiger partial charge in [0, 0.05) is 10.4 Å². The van der Waals surface area contributed by atoms with Crippen molar-refractivity contribution in [2.45, 2.75) is 0 Å². The number of benzene rings is 3. The molecule has 4 rings (SSSR count). The number of hydrogen-bond acceptors (Lipinski definition) is 5. The zero-order valence-electron chi connectivity index (χ0n) is 17.3. The van der Waals surface area contributed by atoms with Gasteiger partial charge in [-0.3, -0.25) is 9.59 Å². The second-order valence-electron chi connectivity index (χ2n) is 7.00. The number of fused-ring (bicyclic) bond motifs is 1. The number of carbonyl (C=O) groups excluding carboxylic acids is 2. The zero-order valence-corrected chi connectivity index (χ0v) is 18.9. The fourth-order valence-corrected chi connectivity index (χ4v) is 3.38. The summed E-state index contributed by atoms with van der Waals surface area (Å²) in [4.78, 5) is 24.2. The van der Waals surface area contributed by atoms with Crippen molar-refractivity contribution >= 4 is 57.9 Å². The minimum absolute atomic E-state index is 0.0576. The lowest BCUT2D eigenvalue weighted by Gasteiger charge is -2.09. The number of hydrazone groups is 1. The minimum atomic E-state index is -0.547. The lowest BCUT2D eigenvalue weighted by atomic mass is 10.2. The van der Waals surface area contributed by atoms with Crippen molar-refractivity contribution in [1.82, 2.24) is 5.43 Å². The Kier molecular flexibility index (Phi) is 7.10. The second-order valence-corrected chi connectivity index (χ2v) is 7.84. The Labute approximate surface area is 203 Å². The summed E-state index contributed by atoms with van der Waals surface area (Å²) in [7, 11) is 0. The van der Waals surface area contributed by atoms with Crippen LogP contribution < -0.4 is 15.5 Å². The smallest absolute Gasteiger partial charge is 0.307 e. The molecule has 172 valence electrons. The van der Waals surface area contributed by atoms with Crippen molar-refractivity contribution < 1.29 is 23.1 Å². The molecule has 10 heteroatoms. The summed E-state index contributed by atoms with van der Waals surface area (Å²) in [5.41, 5.74) is 3.53. The van der Waals surface area contributed by atoms with Crippen LogP contribution >= 0.6 is 23.2 Å². The first kappa shape index (κ1) is 23.3. The van der Waals surface area contributed by atoms with E-state index in [-0.39, 0.29) is 28.8 Å². The Morgan fingerprint density at radius 2 is 1.88 bits per heavy atom. The van der Waals surface area contributed by atoms with E-state index in [1.807, 2.05) is 0 Å². The molecular weight excluding hydrogens is 484 g/mol. The predicted octanol–water partition coefficient (Wildman–Crippen LogP) is 5.66. The summed E-state index contributed by atoms with van der Waals surface area (Å²) in [6.07, 6.45) is 1.39. The van der Waals surface area contributed by atoms with Crippen LogP contribution in [-0.2, 0) is 4.79 Å². The summed E-state index contributed by atoms with van der Waals surface area (Å²) >= 11 is 12.1. The number of rotatable bonds is 7. The third kappa shape index (κ3) is 5.72. The monoisotopic (exact) mass is 499 g/mol. The van der Waals surface area contributed by atoms with E-state index in [1.165, 1.54) is 24.4 Å². The van der Waals surface area contributed by atoms with Gasteiger partial charge in [0.2, 0.25) is 0 Å². The van der Waals surface area contributed by atoms with Gasteiger partial charge in [-0.2, -0.15) is 5.10 Å². The van der Waals surface area contributed by atoms with Crippen molar-refractivity contribution in [1.29, 1.82) is 0 Å². The van der Waals surface area contributed by atoms with E-state index in [4.69, 9.17) is 32.4 Å². The lowest BCUT2D eigenvalue weighted by molar-refractivity contribution is -0.118. The summed E-state index contributed by atoms with van der Waals surface area (Å²) in [6.45, 7) is -0.361. The summed E-state index contributed by atoms with van der Waals surface area (Å²) in [5.74, 6) is -1.27. The highest BCUT2D eigenvalue weighted by Crippen LogP contribution is 2.25. The predicted molar refractivity (Wildman–Crippen MR) is 128 cm³/mol. The van der Waals surface area contributed by atoms with Crippen molar-refractivity contribution in [2.75, 3.05) is 11.9 Å². The van der Waals surface area contributed by atoms with Gasteiger partial charge in [0.15, 0.2) is 12.4 Å². The maximum Gasteiger partial charge on any atom is 0.307 e. The number of anilines is 1. The Hall–Kier alpha value is -3.88. The highest BCUT2D eigenvalue weighted by molar-refractivity contribution is 6.32. The minimum Gasteiger partial charge on any atom is -0.482 e. The number of amides is 2.